The lowest BCUT2D eigenvalue weighted by molar-refractivity contribution is -0.143. The SMILES string of the molecule is C=C(C)C(=O)OCCOCCOCCOCCOCCOCCOCCOCCOCC(=O)O. The highest BCUT2D eigenvalue weighted by molar-refractivity contribution is 5.86. The molecule has 200 valence electrons. The Morgan fingerprint density at radius 2 is 0.794 bits per heavy atom. The van der Waals surface area contributed by atoms with Crippen LogP contribution >= 0.6 is 0 Å². The van der Waals surface area contributed by atoms with Crippen LogP contribution in [0.15, 0.2) is 12.2 Å². The molecule has 0 bridgehead atoms. The molecule has 0 radical (unpaired) electrons. The highest BCUT2D eigenvalue weighted by atomic mass is 16.6. The van der Waals surface area contributed by atoms with Crippen molar-refractivity contribution in [2.75, 3.05) is 112 Å². The van der Waals surface area contributed by atoms with Crippen LogP contribution in [-0.4, -0.2) is 129 Å². The average Bonchev–Trinajstić information content (AvgIpc) is 2.80. The number of carbonyl (C=O) groups excluding carboxylic acids is 1. The second-order valence-corrected chi connectivity index (χ2v) is 6.65. The summed E-state index contributed by atoms with van der Waals surface area (Å²) in [6, 6.07) is 0. The minimum Gasteiger partial charge on any atom is -0.480 e. The van der Waals surface area contributed by atoms with Crippen molar-refractivity contribution in [1.82, 2.24) is 0 Å². The van der Waals surface area contributed by atoms with Crippen LogP contribution in [0.5, 0.6) is 0 Å². The fourth-order valence-electron chi connectivity index (χ4n) is 2.02. The van der Waals surface area contributed by atoms with Gasteiger partial charge in [0.15, 0.2) is 0 Å². The summed E-state index contributed by atoms with van der Waals surface area (Å²) in [6.45, 7) is 11.3. The molecule has 0 unspecified atom stereocenters. The Labute approximate surface area is 201 Å². The molecule has 1 N–H and O–H groups in total. The van der Waals surface area contributed by atoms with Crippen LogP contribution in [0.2, 0.25) is 0 Å². The molecule has 0 aliphatic carbocycles. The number of hydrogen-bond acceptors (Lipinski definition) is 11. The predicted molar refractivity (Wildman–Crippen MR) is 120 cm³/mol. The minimum atomic E-state index is -0.999. The first-order valence-electron chi connectivity index (χ1n) is 11.2. The topological polar surface area (TPSA) is 137 Å². The number of carboxylic acid groups (broad SMARTS) is 1. The monoisotopic (exact) mass is 496 g/mol. The van der Waals surface area contributed by atoms with Crippen LogP contribution in [0.4, 0.5) is 0 Å². The van der Waals surface area contributed by atoms with Crippen molar-refractivity contribution in [2.24, 2.45) is 0 Å². The molecule has 12 heteroatoms. The van der Waals surface area contributed by atoms with Gasteiger partial charge in [0.2, 0.25) is 0 Å². The van der Waals surface area contributed by atoms with Gasteiger partial charge in [0, 0.05) is 5.57 Å². The van der Waals surface area contributed by atoms with Crippen molar-refractivity contribution >= 4 is 11.9 Å². The van der Waals surface area contributed by atoms with Crippen molar-refractivity contribution in [1.29, 1.82) is 0 Å². The summed E-state index contributed by atoms with van der Waals surface area (Å²) in [6.07, 6.45) is 0. The van der Waals surface area contributed by atoms with Gasteiger partial charge >= 0.3 is 11.9 Å². The fraction of sp³-hybridized carbons (Fsp3) is 0.818. The van der Waals surface area contributed by atoms with Crippen LogP contribution in [0.25, 0.3) is 0 Å². The Balaban J connectivity index is 3.07. The smallest absolute Gasteiger partial charge is 0.333 e. The van der Waals surface area contributed by atoms with E-state index in [1.54, 1.807) is 6.92 Å². The molecule has 0 saturated heterocycles. The van der Waals surface area contributed by atoms with Gasteiger partial charge in [-0.05, 0) is 6.92 Å². The van der Waals surface area contributed by atoms with E-state index in [4.69, 9.17) is 47.7 Å². The fourth-order valence-corrected chi connectivity index (χ4v) is 2.02. The average molecular weight is 497 g/mol. The van der Waals surface area contributed by atoms with Crippen LogP contribution < -0.4 is 0 Å². The number of carbonyl (C=O) groups is 2. The Morgan fingerprint density at radius 3 is 1.06 bits per heavy atom. The zero-order valence-corrected chi connectivity index (χ0v) is 20.2. The lowest BCUT2D eigenvalue weighted by Gasteiger charge is -2.08. The second kappa shape index (κ2) is 26.0. The highest BCUT2D eigenvalue weighted by Gasteiger charge is 2.02. The first kappa shape index (κ1) is 32.4. The lowest BCUT2D eigenvalue weighted by atomic mass is 10.4. The van der Waals surface area contributed by atoms with E-state index in [1.165, 1.54) is 0 Å². The number of carboxylic acids is 1. The largest absolute Gasteiger partial charge is 0.480 e. The van der Waals surface area contributed by atoms with Gasteiger partial charge < -0.3 is 47.7 Å². The zero-order chi connectivity index (χ0) is 25.1. The summed E-state index contributed by atoms with van der Waals surface area (Å²) in [7, 11) is 0. The molecular formula is C22H40O12. The van der Waals surface area contributed by atoms with Gasteiger partial charge in [0.05, 0.1) is 99.1 Å². The molecular weight excluding hydrogens is 456 g/mol. The van der Waals surface area contributed by atoms with Gasteiger partial charge in [-0.25, -0.2) is 9.59 Å². The zero-order valence-electron chi connectivity index (χ0n) is 20.2. The highest BCUT2D eigenvalue weighted by Crippen LogP contribution is 1.91. The molecule has 0 aliphatic heterocycles. The Kier molecular flexibility index (Phi) is 24.7. The Bertz CT molecular complexity index is 500. The summed E-state index contributed by atoms with van der Waals surface area (Å²) < 4.78 is 47.1. The third-order valence-corrected chi connectivity index (χ3v) is 3.64. The van der Waals surface area contributed by atoms with Crippen molar-refractivity contribution in [3.8, 4) is 0 Å². The van der Waals surface area contributed by atoms with Gasteiger partial charge in [0.1, 0.15) is 13.2 Å². The standard InChI is InChI=1S/C22H40O12/c1-20(2)22(25)34-18-17-32-14-13-30-10-9-28-6-5-26-3-4-27-7-8-29-11-12-31-15-16-33-19-21(23)24/h1,3-19H2,2H3,(H,23,24). The van der Waals surface area contributed by atoms with Gasteiger partial charge in [-0.15, -0.1) is 0 Å². The van der Waals surface area contributed by atoms with Crippen molar-refractivity contribution in [3.05, 3.63) is 12.2 Å². The molecule has 0 aromatic heterocycles. The predicted octanol–water partition coefficient (Wildman–Crippen LogP) is 0.323. The third kappa shape index (κ3) is 26.6. The van der Waals surface area contributed by atoms with Gasteiger partial charge in [-0.1, -0.05) is 6.58 Å². The molecule has 0 atom stereocenters. The lowest BCUT2D eigenvalue weighted by Crippen LogP contribution is -2.15. The van der Waals surface area contributed by atoms with Crippen LogP contribution in [0, 0.1) is 0 Å². The molecule has 12 nitrogen and oxygen atoms in total. The van der Waals surface area contributed by atoms with E-state index in [-0.39, 0.29) is 19.8 Å². The van der Waals surface area contributed by atoms with E-state index in [9.17, 15) is 9.59 Å². The van der Waals surface area contributed by atoms with Gasteiger partial charge in [-0.2, -0.15) is 0 Å². The number of ether oxygens (including phenoxy) is 9. The van der Waals surface area contributed by atoms with Crippen molar-refractivity contribution in [2.45, 2.75) is 6.92 Å². The van der Waals surface area contributed by atoms with Gasteiger partial charge in [-0.3, -0.25) is 0 Å². The van der Waals surface area contributed by atoms with Crippen LogP contribution in [0.1, 0.15) is 6.92 Å². The van der Waals surface area contributed by atoms with Crippen molar-refractivity contribution < 1.29 is 57.3 Å². The first-order valence-corrected chi connectivity index (χ1v) is 11.2. The normalized spacial score (nSPS) is 11.0. The Hall–Kier alpha value is -1.64. The molecule has 0 heterocycles. The van der Waals surface area contributed by atoms with Crippen LogP contribution in [0.3, 0.4) is 0 Å². The summed E-state index contributed by atoms with van der Waals surface area (Å²) in [4.78, 5) is 21.4. The second-order valence-electron chi connectivity index (χ2n) is 6.65. The maximum Gasteiger partial charge on any atom is 0.333 e. The quantitative estimate of drug-likeness (QED) is 0.0952. The van der Waals surface area contributed by atoms with E-state index >= 15 is 0 Å². The summed E-state index contributed by atoms with van der Waals surface area (Å²) in [5.74, 6) is -1.42. The number of hydrogen-bond donors (Lipinski definition) is 1. The maximum absolute atomic E-state index is 11.1. The van der Waals surface area contributed by atoms with Crippen molar-refractivity contribution in [3.63, 3.8) is 0 Å². The van der Waals surface area contributed by atoms with E-state index in [2.05, 4.69) is 6.58 Å². The molecule has 0 aromatic rings. The van der Waals surface area contributed by atoms with Crippen LogP contribution in [-0.2, 0) is 52.2 Å². The van der Waals surface area contributed by atoms with E-state index in [0.29, 0.717) is 98.1 Å². The minimum absolute atomic E-state index is 0.194. The maximum atomic E-state index is 11.1. The molecule has 0 aliphatic rings. The Morgan fingerprint density at radius 1 is 0.529 bits per heavy atom. The number of rotatable bonds is 27. The van der Waals surface area contributed by atoms with E-state index in [0.717, 1.165) is 0 Å². The number of esters is 1. The molecule has 34 heavy (non-hydrogen) atoms. The molecule has 0 spiro atoms. The molecule has 0 amide bonds. The van der Waals surface area contributed by atoms with Gasteiger partial charge in [0.25, 0.3) is 0 Å². The summed E-state index contributed by atoms with van der Waals surface area (Å²) in [5, 5.41) is 8.39. The number of aliphatic carboxylic acids is 1. The third-order valence-electron chi connectivity index (χ3n) is 3.64. The summed E-state index contributed by atoms with van der Waals surface area (Å²) in [5.41, 5.74) is 0.364. The molecule has 0 saturated carbocycles. The first-order chi connectivity index (χ1) is 16.5. The molecule has 0 rings (SSSR count). The van der Waals surface area contributed by atoms with E-state index < -0.39 is 11.9 Å². The van der Waals surface area contributed by atoms with E-state index in [1.807, 2.05) is 0 Å². The molecule has 0 fully saturated rings. The summed E-state index contributed by atoms with van der Waals surface area (Å²) >= 11 is 0. The molecule has 0 aromatic carbocycles.